The molecule has 1 aromatic heterocycles. The van der Waals surface area contributed by atoms with Crippen LogP contribution in [-0.4, -0.2) is 13.7 Å². The van der Waals surface area contributed by atoms with Gasteiger partial charge in [0.1, 0.15) is 5.75 Å². The fourth-order valence-electron chi connectivity index (χ4n) is 2.44. The van der Waals surface area contributed by atoms with Crippen LogP contribution in [0.3, 0.4) is 0 Å². The topological polar surface area (TPSA) is 21.3 Å². The molecule has 0 aliphatic carbocycles. The zero-order valence-corrected chi connectivity index (χ0v) is 11.3. The van der Waals surface area contributed by atoms with Crippen LogP contribution in [0.2, 0.25) is 0 Å². The molecule has 0 radical (unpaired) electrons. The third-order valence-electron chi connectivity index (χ3n) is 3.45. The van der Waals surface area contributed by atoms with E-state index in [1.54, 1.807) is 0 Å². The van der Waals surface area contributed by atoms with E-state index >= 15 is 0 Å². The highest BCUT2D eigenvalue weighted by molar-refractivity contribution is 7.09. The molecule has 0 saturated heterocycles. The van der Waals surface area contributed by atoms with Crippen LogP contribution < -0.4 is 10.1 Å². The number of thiophene rings is 1. The summed E-state index contributed by atoms with van der Waals surface area (Å²) in [6, 6.07) is 11.3. The van der Waals surface area contributed by atoms with E-state index in [0.717, 1.165) is 25.2 Å². The maximum atomic E-state index is 5.55. The van der Waals surface area contributed by atoms with Crippen molar-refractivity contribution in [2.75, 3.05) is 13.7 Å². The van der Waals surface area contributed by atoms with E-state index in [2.05, 4.69) is 41.0 Å². The molecule has 0 bridgehead atoms. The second-order valence-electron chi connectivity index (χ2n) is 4.59. The summed E-state index contributed by atoms with van der Waals surface area (Å²) in [5, 5.41) is 5.55. The first kappa shape index (κ1) is 11.8. The Morgan fingerprint density at radius 2 is 2.33 bits per heavy atom. The average Bonchev–Trinajstić information content (AvgIpc) is 3.06. The van der Waals surface area contributed by atoms with Crippen LogP contribution >= 0.6 is 11.3 Å². The summed E-state index contributed by atoms with van der Waals surface area (Å²) in [7, 11) is 2.03. The molecular formula is C15H17NOS. The van der Waals surface area contributed by atoms with Crippen molar-refractivity contribution in [3.8, 4) is 5.75 Å². The van der Waals surface area contributed by atoms with Gasteiger partial charge >= 0.3 is 0 Å². The Labute approximate surface area is 112 Å². The van der Waals surface area contributed by atoms with E-state index < -0.39 is 0 Å². The highest BCUT2D eigenvalue weighted by atomic mass is 32.1. The molecule has 0 spiro atoms. The molecule has 94 valence electrons. The van der Waals surface area contributed by atoms with Gasteiger partial charge in [0, 0.05) is 23.8 Å². The van der Waals surface area contributed by atoms with Crippen LogP contribution in [-0.2, 0) is 12.8 Å². The maximum absolute atomic E-state index is 5.55. The van der Waals surface area contributed by atoms with Gasteiger partial charge in [0.2, 0.25) is 0 Å². The predicted molar refractivity (Wildman–Crippen MR) is 75.5 cm³/mol. The normalized spacial score (nSPS) is 15.2. The molecule has 3 heteroatoms. The minimum Gasteiger partial charge on any atom is -0.493 e. The first-order valence-electron chi connectivity index (χ1n) is 6.32. The number of nitrogens with one attached hydrogen (secondary N) is 1. The molecule has 0 saturated carbocycles. The van der Waals surface area contributed by atoms with Gasteiger partial charge in [-0.1, -0.05) is 18.2 Å². The fourth-order valence-corrected chi connectivity index (χ4v) is 3.19. The molecular weight excluding hydrogens is 242 g/mol. The summed E-state index contributed by atoms with van der Waals surface area (Å²) in [5.74, 6) is 1.06. The second kappa shape index (κ2) is 5.12. The van der Waals surface area contributed by atoms with Crippen molar-refractivity contribution in [1.82, 2.24) is 5.32 Å². The Morgan fingerprint density at radius 3 is 3.11 bits per heavy atom. The first-order valence-corrected chi connectivity index (χ1v) is 7.20. The summed E-state index contributed by atoms with van der Waals surface area (Å²) in [6.07, 6.45) is 2.09. The van der Waals surface area contributed by atoms with Gasteiger partial charge in [0.05, 0.1) is 6.61 Å². The number of hydrogen-bond acceptors (Lipinski definition) is 3. The van der Waals surface area contributed by atoms with E-state index in [-0.39, 0.29) is 0 Å². The largest absolute Gasteiger partial charge is 0.493 e. The average molecular weight is 259 g/mol. The Morgan fingerprint density at radius 1 is 1.39 bits per heavy atom. The number of hydrogen-bond donors (Lipinski definition) is 1. The number of fused-ring (bicyclic) bond motifs is 1. The fraction of sp³-hybridized carbons (Fsp3) is 0.333. The number of benzene rings is 1. The number of likely N-dealkylation sites (N-methyl/N-ethyl adjacent to an activating group) is 1. The molecule has 1 atom stereocenters. The third kappa shape index (κ3) is 2.28. The van der Waals surface area contributed by atoms with E-state index in [9.17, 15) is 0 Å². The Bertz CT molecular complexity index is 521. The summed E-state index contributed by atoms with van der Waals surface area (Å²) in [5.41, 5.74) is 2.70. The van der Waals surface area contributed by atoms with Crippen LogP contribution in [0.25, 0.3) is 0 Å². The van der Waals surface area contributed by atoms with Crippen LogP contribution in [0.1, 0.15) is 22.0 Å². The van der Waals surface area contributed by atoms with E-state index in [0.29, 0.717) is 6.04 Å². The quantitative estimate of drug-likeness (QED) is 0.910. The second-order valence-corrected chi connectivity index (χ2v) is 5.62. The van der Waals surface area contributed by atoms with Gasteiger partial charge in [-0.05, 0) is 35.7 Å². The molecule has 1 aliphatic heterocycles. The summed E-state index contributed by atoms with van der Waals surface area (Å²) < 4.78 is 5.55. The van der Waals surface area contributed by atoms with Gasteiger partial charge in [-0.15, -0.1) is 11.3 Å². The van der Waals surface area contributed by atoms with Crippen LogP contribution in [0.4, 0.5) is 0 Å². The van der Waals surface area contributed by atoms with E-state index in [1.807, 2.05) is 18.4 Å². The summed E-state index contributed by atoms with van der Waals surface area (Å²) in [4.78, 5) is 1.42. The first-order chi connectivity index (χ1) is 8.86. The van der Waals surface area contributed by atoms with Crippen molar-refractivity contribution >= 4 is 11.3 Å². The van der Waals surface area contributed by atoms with Crippen molar-refractivity contribution in [3.05, 3.63) is 51.7 Å². The van der Waals surface area contributed by atoms with Crippen molar-refractivity contribution in [2.24, 2.45) is 0 Å². The molecule has 2 heterocycles. The summed E-state index contributed by atoms with van der Waals surface area (Å²) in [6.45, 7) is 0.827. The van der Waals surface area contributed by atoms with Crippen molar-refractivity contribution in [2.45, 2.75) is 18.9 Å². The molecule has 0 fully saturated rings. The smallest absolute Gasteiger partial charge is 0.122 e. The van der Waals surface area contributed by atoms with Gasteiger partial charge in [0.15, 0.2) is 0 Å². The van der Waals surface area contributed by atoms with Crippen molar-refractivity contribution < 1.29 is 4.74 Å². The van der Waals surface area contributed by atoms with Gasteiger partial charge in [-0.25, -0.2) is 0 Å². The van der Waals surface area contributed by atoms with Gasteiger partial charge < -0.3 is 10.1 Å². The van der Waals surface area contributed by atoms with Crippen molar-refractivity contribution in [3.63, 3.8) is 0 Å². The van der Waals surface area contributed by atoms with Crippen LogP contribution in [0.5, 0.6) is 5.75 Å². The number of rotatable bonds is 4. The number of ether oxygens (including phenoxy) is 1. The molecule has 1 N–H and O–H groups in total. The molecule has 3 rings (SSSR count). The third-order valence-corrected chi connectivity index (χ3v) is 4.35. The zero-order chi connectivity index (χ0) is 12.4. The maximum Gasteiger partial charge on any atom is 0.122 e. The van der Waals surface area contributed by atoms with Crippen LogP contribution in [0.15, 0.2) is 35.7 Å². The Balaban J connectivity index is 1.83. The molecule has 18 heavy (non-hydrogen) atoms. The minimum absolute atomic E-state index is 0.384. The lowest BCUT2D eigenvalue weighted by Crippen LogP contribution is -2.18. The highest BCUT2D eigenvalue weighted by Gasteiger charge is 2.16. The lowest BCUT2D eigenvalue weighted by molar-refractivity contribution is 0.356. The summed E-state index contributed by atoms with van der Waals surface area (Å²) >= 11 is 1.82. The Kier molecular flexibility index (Phi) is 3.35. The molecule has 2 nitrogen and oxygen atoms in total. The standard InChI is InChI=1S/C15H17NOS/c1-16-14(10-13-3-2-8-18-13)11-4-5-15-12(9-11)6-7-17-15/h2-5,8-9,14,16H,6-7,10H2,1H3. The van der Waals surface area contributed by atoms with E-state index in [1.165, 1.54) is 16.0 Å². The SMILES string of the molecule is CNC(Cc1cccs1)c1ccc2c(c1)CCO2. The van der Waals surface area contributed by atoms with Gasteiger partial charge in [-0.3, -0.25) is 0 Å². The molecule has 0 amide bonds. The minimum atomic E-state index is 0.384. The van der Waals surface area contributed by atoms with Gasteiger partial charge in [0.25, 0.3) is 0 Å². The highest BCUT2D eigenvalue weighted by Crippen LogP contribution is 2.29. The monoisotopic (exact) mass is 259 g/mol. The molecule has 1 aliphatic rings. The van der Waals surface area contributed by atoms with E-state index in [4.69, 9.17) is 4.74 Å². The molecule has 1 unspecified atom stereocenters. The van der Waals surface area contributed by atoms with Crippen LogP contribution in [0, 0.1) is 0 Å². The van der Waals surface area contributed by atoms with Gasteiger partial charge in [-0.2, -0.15) is 0 Å². The lowest BCUT2D eigenvalue weighted by atomic mass is 10.00. The molecule has 1 aromatic carbocycles. The predicted octanol–water partition coefficient (Wildman–Crippen LogP) is 3.19. The lowest BCUT2D eigenvalue weighted by Gasteiger charge is -2.16. The molecule has 2 aromatic rings. The Hall–Kier alpha value is -1.32. The zero-order valence-electron chi connectivity index (χ0n) is 10.5. The van der Waals surface area contributed by atoms with Crippen molar-refractivity contribution in [1.29, 1.82) is 0 Å².